The normalized spacial score (nSPS) is 0. The molecule has 0 nitrogen and oxygen atoms in total. The van der Waals surface area contributed by atoms with Gasteiger partial charge in [0.2, 0.25) is 0 Å². The second-order valence-electron chi connectivity index (χ2n) is 0. The van der Waals surface area contributed by atoms with Gasteiger partial charge in [-0.3, -0.25) is 0 Å². The van der Waals surface area contributed by atoms with Gasteiger partial charge in [-0.05, 0) is 32.9 Å². The largest absolute Gasteiger partial charge is 0.0125 e. The van der Waals surface area contributed by atoms with Gasteiger partial charge in [0.1, 0.15) is 0 Å². The molecule has 0 aliphatic rings. The third kappa shape index (κ3) is 10.8. The number of hydrogen-bond acceptors (Lipinski definition) is 0. The van der Waals surface area contributed by atoms with E-state index in [0.29, 0.717) is 0 Å². The zero-order valence-electron chi connectivity index (χ0n) is 3.58. The Morgan fingerprint density at radius 2 is 0.500 bits per heavy atom. The Balaban J connectivity index is 0. The molecule has 0 unspecified atom stereocenters. The van der Waals surface area contributed by atoms with Crippen molar-refractivity contribution in [2.45, 2.75) is 0 Å². The molecule has 0 saturated carbocycles. The van der Waals surface area contributed by atoms with Crippen LogP contribution in [-0.4, -0.2) is 50.5 Å². The van der Waals surface area contributed by atoms with E-state index in [2.05, 4.69) is 0 Å². The fourth-order valence-corrected chi connectivity index (χ4v) is 0. The molecule has 0 N–H and O–H groups in total. The second-order valence-corrected chi connectivity index (χ2v) is 0. The van der Waals surface area contributed by atoms with Crippen molar-refractivity contribution in [3.8, 4) is 0 Å². The van der Waals surface area contributed by atoms with Gasteiger partial charge in [0, 0.05) is 0 Å². The summed E-state index contributed by atoms with van der Waals surface area (Å²) in [6, 6.07) is 0. The van der Waals surface area contributed by atoms with E-state index in [1.54, 1.807) is 0 Å². The minimum atomic E-state index is 0. The van der Waals surface area contributed by atoms with Gasteiger partial charge in [0.05, 0.1) is 0 Å². The summed E-state index contributed by atoms with van der Waals surface area (Å²) in [5.74, 6) is 0. The van der Waals surface area contributed by atoms with Crippen LogP contribution in [0.4, 0.5) is 0 Å². The van der Waals surface area contributed by atoms with Crippen molar-refractivity contribution >= 4 is 50.5 Å². The maximum atomic E-state index is 0. The van der Waals surface area contributed by atoms with Crippen molar-refractivity contribution in [1.29, 1.82) is 0 Å². The average Bonchev–Trinajstić information content (AvgIpc) is 0. The zero-order chi connectivity index (χ0) is 0. The van der Waals surface area contributed by atoms with Crippen LogP contribution in [0, 0.1) is 0 Å². The van der Waals surface area contributed by atoms with E-state index in [1.807, 2.05) is 0 Å². The number of rotatable bonds is 0. The fraction of sp³-hybridized carbons (Fsp3) is 0. The molecule has 0 aliphatic carbocycles. The van der Waals surface area contributed by atoms with Crippen LogP contribution in [0.2, 0.25) is 0 Å². The van der Waals surface area contributed by atoms with Crippen molar-refractivity contribution in [2.75, 3.05) is 0 Å². The minimum absolute atomic E-state index is 0. The first-order valence-corrected chi connectivity index (χ1v) is 0. The van der Waals surface area contributed by atoms with Gasteiger partial charge in [0.25, 0.3) is 0 Å². The molecule has 0 fully saturated rings. The van der Waals surface area contributed by atoms with E-state index >= 15 is 0 Å². The van der Waals surface area contributed by atoms with Crippen molar-refractivity contribution in [1.82, 2.24) is 0 Å². The summed E-state index contributed by atoms with van der Waals surface area (Å²) in [6.07, 6.45) is 0. The smallest absolute Gasteiger partial charge is 0.0125 e. The van der Waals surface area contributed by atoms with Gasteiger partial charge in [-0.1, -0.05) is 0 Å². The Labute approximate surface area is 50.8 Å². The van der Waals surface area contributed by atoms with E-state index < -0.39 is 0 Å². The van der Waals surface area contributed by atoms with Gasteiger partial charge in [-0.2, -0.15) is 0 Å². The molecule has 4 heteroatoms. The van der Waals surface area contributed by atoms with Crippen LogP contribution in [0.25, 0.3) is 0 Å². The summed E-state index contributed by atoms with van der Waals surface area (Å²) in [5, 5.41) is 0. The first-order valence-electron chi connectivity index (χ1n) is 0. The minimum Gasteiger partial charge on any atom is -0.0125 e. The molecule has 26 valence electrons. The summed E-state index contributed by atoms with van der Waals surface area (Å²) in [6.45, 7) is 0. The molecular weight excluding hydrogens is 157 g/mol. The van der Waals surface area contributed by atoms with E-state index in [4.69, 9.17) is 0 Å². The van der Waals surface area contributed by atoms with Crippen LogP contribution in [0.3, 0.4) is 0 Å². The molecule has 0 spiro atoms. The van der Waals surface area contributed by atoms with Crippen LogP contribution >= 0.6 is 0 Å². The SMILES string of the molecule is [GeH].[SiH3].[SiH3].[SiH3]. The van der Waals surface area contributed by atoms with Gasteiger partial charge in [-0.15, -0.1) is 0 Å². The second kappa shape index (κ2) is 30.0. The Morgan fingerprint density at radius 1 is 0.500 bits per heavy atom. The summed E-state index contributed by atoms with van der Waals surface area (Å²) >= 11 is 0. The van der Waals surface area contributed by atoms with E-state index in [0.717, 1.165) is 0 Å². The molecule has 0 bridgehead atoms. The third-order valence-corrected chi connectivity index (χ3v) is 0. The van der Waals surface area contributed by atoms with Gasteiger partial charge in [-0.25, -0.2) is 0 Å². The van der Waals surface area contributed by atoms with Crippen LogP contribution in [0.1, 0.15) is 0 Å². The Bertz CT molecular complexity index is 3.25. The fourth-order valence-electron chi connectivity index (χ4n) is 0. The van der Waals surface area contributed by atoms with E-state index in [9.17, 15) is 0 Å². The topological polar surface area (TPSA) is 0 Å². The molecule has 6 radical (unpaired) electrons. The number of hydrogen-bond donors (Lipinski definition) is 0. The maximum Gasteiger partial charge on any atom is -0.0125 e. The Morgan fingerprint density at radius 3 is 0.500 bits per heavy atom. The van der Waals surface area contributed by atoms with Crippen molar-refractivity contribution in [2.24, 2.45) is 0 Å². The quantitative estimate of drug-likeness (QED) is 0.321. The summed E-state index contributed by atoms with van der Waals surface area (Å²) in [4.78, 5) is 0. The maximum absolute atomic E-state index is 0. The summed E-state index contributed by atoms with van der Waals surface area (Å²) < 4.78 is 0. The predicted octanol–water partition coefficient (Wildman–Crippen LogP) is -4.20. The standard InChI is InChI=1S/GeH.3H3Si/h1H;3*1H3. The van der Waals surface area contributed by atoms with Crippen LogP contribution in [-0.2, 0) is 0 Å². The van der Waals surface area contributed by atoms with Crippen LogP contribution < -0.4 is 0 Å². The Hall–Kier alpha value is 1.19. The first kappa shape index (κ1) is 64.1. The van der Waals surface area contributed by atoms with E-state index in [1.165, 1.54) is 0 Å². The molecule has 0 aromatic heterocycles. The van der Waals surface area contributed by atoms with Crippen molar-refractivity contribution < 1.29 is 0 Å². The van der Waals surface area contributed by atoms with Crippen LogP contribution in [0.15, 0.2) is 0 Å². The average molecular weight is 167 g/mol. The van der Waals surface area contributed by atoms with Crippen LogP contribution in [0.5, 0.6) is 0 Å². The monoisotopic (exact) mass is 168 g/mol. The molecule has 0 amide bonds. The molecule has 0 aliphatic heterocycles. The van der Waals surface area contributed by atoms with Crippen molar-refractivity contribution in [3.63, 3.8) is 0 Å². The molecule has 0 heterocycles. The zero-order valence-corrected chi connectivity index (χ0v) is 12.0. The third-order valence-electron chi connectivity index (χ3n) is 0. The molecule has 0 aromatic carbocycles. The molecular formula is H10GeSi3. The molecule has 0 saturated heterocycles. The first-order chi connectivity index (χ1) is 0. The van der Waals surface area contributed by atoms with Gasteiger partial charge >= 0.3 is 17.6 Å². The predicted molar refractivity (Wildman–Crippen MR) is 37.0 cm³/mol. The summed E-state index contributed by atoms with van der Waals surface area (Å²) in [7, 11) is 0. The molecule has 4 heavy (non-hydrogen) atoms. The van der Waals surface area contributed by atoms with Crippen molar-refractivity contribution in [3.05, 3.63) is 0 Å². The van der Waals surface area contributed by atoms with Gasteiger partial charge in [0.15, 0.2) is 0 Å². The molecule has 0 aromatic rings. The van der Waals surface area contributed by atoms with Gasteiger partial charge < -0.3 is 0 Å². The summed E-state index contributed by atoms with van der Waals surface area (Å²) in [5.41, 5.74) is 0. The molecule has 0 atom stereocenters. The Kier molecular flexibility index (Phi) is 481. The van der Waals surface area contributed by atoms with E-state index in [-0.39, 0.29) is 50.5 Å². The molecule has 0 rings (SSSR count).